The molecule has 162 valence electrons. The molecule has 0 saturated heterocycles. The summed E-state index contributed by atoms with van der Waals surface area (Å²) >= 11 is 0. The van der Waals surface area contributed by atoms with Crippen molar-refractivity contribution in [3.63, 3.8) is 0 Å². The summed E-state index contributed by atoms with van der Waals surface area (Å²) in [5.41, 5.74) is 6.10. The van der Waals surface area contributed by atoms with Crippen LogP contribution in [-0.4, -0.2) is 19.6 Å². The first kappa shape index (κ1) is 25.0. The molecular weight excluding hydrogens is 328 g/mol. The topological polar surface area (TPSA) is 38.0 Å². The second-order valence-corrected chi connectivity index (χ2v) is 10.4. The van der Waals surface area contributed by atoms with Crippen molar-refractivity contribution in [2.45, 2.75) is 99.8 Å². The van der Waals surface area contributed by atoms with E-state index in [0.29, 0.717) is 5.41 Å². The minimum absolute atomic E-state index is 0.475. The SMILES string of the molecule is CCCC1C(C)CCC(C)C(C)CCCC1(C)C(C)C(C)CCNCCN. The van der Waals surface area contributed by atoms with Crippen LogP contribution in [0.25, 0.3) is 0 Å². The molecule has 1 aliphatic rings. The van der Waals surface area contributed by atoms with Crippen LogP contribution in [0.5, 0.6) is 0 Å². The van der Waals surface area contributed by atoms with E-state index in [1.165, 1.54) is 51.4 Å². The van der Waals surface area contributed by atoms with Crippen LogP contribution in [0.1, 0.15) is 99.8 Å². The zero-order chi connectivity index (χ0) is 20.4. The Morgan fingerprint density at radius 2 is 1.63 bits per heavy atom. The highest BCUT2D eigenvalue weighted by atomic mass is 14.9. The summed E-state index contributed by atoms with van der Waals surface area (Å²) in [4.78, 5) is 0. The van der Waals surface area contributed by atoms with Gasteiger partial charge in [-0.1, -0.05) is 80.6 Å². The van der Waals surface area contributed by atoms with E-state index < -0.39 is 0 Å². The van der Waals surface area contributed by atoms with E-state index in [9.17, 15) is 0 Å². The molecule has 1 fully saturated rings. The lowest BCUT2D eigenvalue weighted by Gasteiger charge is -2.49. The van der Waals surface area contributed by atoms with Crippen molar-refractivity contribution >= 4 is 0 Å². The van der Waals surface area contributed by atoms with Crippen molar-refractivity contribution in [3.8, 4) is 0 Å². The molecule has 1 rings (SSSR count). The standard InChI is InChI=1S/C25H52N2/c1-8-10-24-22(5)13-12-20(3)19(2)11-9-15-25(24,7)23(6)21(4)14-17-27-18-16-26/h19-24,27H,8-18,26H2,1-7H3. The third-order valence-corrected chi connectivity index (χ3v) is 8.55. The summed E-state index contributed by atoms with van der Waals surface area (Å²) in [5.74, 6) is 5.06. The Morgan fingerprint density at radius 1 is 1.00 bits per heavy atom. The van der Waals surface area contributed by atoms with Crippen molar-refractivity contribution in [2.75, 3.05) is 19.6 Å². The summed E-state index contributed by atoms with van der Waals surface area (Å²) in [7, 11) is 0. The molecule has 1 saturated carbocycles. The number of nitrogens with two attached hydrogens (primary N) is 1. The summed E-state index contributed by atoms with van der Waals surface area (Å²) < 4.78 is 0. The second-order valence-electron chi connectivity index (χ2n) is 10.4. The van der Waals surface area contributed by atoms with Crippen LogP contribution < -0.4 is 11.1 Å². The van der Waals surface area contributed by atoms with Gasteiger partial charge in [-0.3, -0.25) is 0 Å². The van der Waals surface area contributed by atoms with Crippen molar-refractivity contribution in [2.24, 2.45) is 46.7 Å². The fourth-order valence-corrected chi connectivity index (χ4v) is 5.88. The van der Waals surface area contributed by atoms with E-state index >= 15 is 0 Å². The highest BCUT2D eigenvalue weighted by Gasteiger charge is 2.42. The number of rotatable bonds is 9. The van der Waals surface area contributed by atoms with Gasteiger partial charge >= 0.3 is 0 Å². The molecule has 0 aromatic carbocycles. The van der Waals surface area contributed by atoms with Gasteiger partial charge < -0.3 is 11.1 Å². The predicted octanol–water partition coefficient (Wildman–Crippen LogP) is 6.49. The van der Waals surface area contributed by atoms with Crippen molar-refractivity contribution in [1.82, 2.24) is 5.32 Å². The summed E-state index contributed by atoms with van der Waals surface area (Å²) in [6.07, 6.45) is 11.1. The van der Waals surface area contributed by atoms with E-state index in [4.69, 9.17) is 5.73 Å². The molecule has 3 N–H and O–H groups in total. The van der Waals surface area contributed by atoms with Crippen LogP contribution in [0.4, 0.5) is 0 Å². The first-order valence-corrected chi connectivity index (χ1v) is 12.2. The quantitative estimate of drug-likeness (QED) is 0.448. The monoisotopic (exact) mass is 380 g/mol. The molecule has 0 heterocycles. The molecule has 1 aliphatic carbocycles. The minimum atomic E-state index is 0.475. The van der Waals surface area contributed by atoms with Gasteiger partial charge in [-0.2, -0.15) is 0 Å². The number of nitrogens with one attached hydrogen (secondary N) is 1. The number of hydrogen-bond acceptors (Lipinski definition) is 2. The molecule has 0 spiro atoms. The van der Waals surface area contributed by atoms with Gasteiger partial charge in [0.05, 0.1) is 0 Å². The molecule has 0 amide bonds. The Morgan fingerprint density at radius 3 is 2.26 bits per heavy atom. The van der Waals surface area contributed by atoms with E-state index in [-0.39, 0.29) is 0 Å². The van der Waals surface area contributed by atoms with Crippen molar-refractivity contribution in [1.29, 1.82) is 0 Å². The Hall–Kier alpha value is -0.0800. The largest absolute Gasteiger partial charge is 0.329 e. The van der Waals surface area contributed by atoms with Crippen molar-refractivity contribution in [3.05, 3.63) is 0 Å². The Bertz CT molecular complexity index is 383. The fourth-order valence-electron chi connectivity index (χ4n) is 5.88. The van der Waals surface area contributed by atoms with E-state index in [2.05, 4.69) is 53.8 Å². The summed E-state index contributed by atoms with van der Waals surface area (Å²) in [6.45, 7) is 20.5. The third kappa shape index (κ3) is 7.35. The number of hydrogen-bond donors (Lipinski definition) is 2. The van der Waals surface area contributed by atoms with Gasteiger partial charge in [0.25, 0.3) is 0 Å². The van der Waals surface area contributed by atoms with Crippen LogP contribution in [0.2, 0.25) is 0 Å². The van der Waals surface area contributed by atoms with Gasteiger partial charge in [-0.15, -0.1) is 0 Å². The smallest absolute Gasteiger partial charge is 0.00745 e. The summed E-state index contributed by atoms with van der Waals surface area (Å²) in [5, 5.41) is 3.51. The predicted molar refractivity (Wildman–Crippen MR) is 122 cm³/mol. The molecule has 0 radical (unpaired) electrons. The molecular formula is C25H52N2. The average Bonchev–Trinajstić information content (AvgIpc) is 2.65. The first-order valence-electron chi connectivity index (χ1n) is 12.2. The van der Waals surface area contributed by atoms with Crippen LogP contribution in [0.15, 0.2) is 0 Å². The molecule has 0 aromatic heterocycles. The second kappa shape index (κ2) is 12.5. The van der Waals surface area contributed by atoms with Gasteiger partial charge in [-0.05, 0) is 66.7 Å². The lowest BCUT2D eigenvalue weighted by Crippen LogP contribution is -2.41. The zero-order valence-corrected chi connectivity index (χ0v) is 19.8. The molecule has 2 nitrogen and oxygen atoms in total. The lowest BCUT2D eigenvalue weighted by molar-refractivity contribution is 0.00552. The Balaban J connectivity index is 2.94. The highest BCUT2D eigenvalue weighted by molar-refractivity contribution is 4.92. The van der Waals surface area contributed by atoms with Gasteiger partial charge in [0.15, 0.2) is 0 Å². The fraction of sp³-hybridized carbons (Fsp3) is 1.00. The molecule has 7 atom stereocenters. The van der Waals surface area contributed by atoms with Gasteiger partial charge in [0.1, 0.15) is 0 Å². The van der Waals surface area contributed by atoms with Crippen LogP contribution in [-0.2, 0) is 0 Å². The average molecular weight is 381 g/mol. The van der Waals surface area contributed by atoms with Crippen LogP contribution in [0.3, 0.4) is 0 Å². The lowest BCUT2D eigenvalue weighted by atomic mass is 9.56. The Kier molecular flexibility index (Phi) is 11.5. The third-order valence-electron chi connectivity index (χ3n) is 8.55. The molecule has 27 heavy (non-hydrogen) atoms. The molecule has 0 aromatic rings. The summed E-state index contributed by atoms with van der Waals surface area (Å²) in [6, 6.07) is 0. The Labute approximate surface area is 171 Å². The van der Waals surface area contributed by atoms with Crippen LogP contribution >= 0.6 is 0 Å². The van der Waals surface area contributed by atoms with Gasteiger partial charge in [0.2, 0.25) is 0 Å². The van der Waals surface area contributed by atoms with Crippen molar-refractivity contribution < 1.29 is 0 Å². The zero-order valence-electron chi connectivity index (χ0n) is 19.8. The first-order chi connectivity index (χ1) is 12.8. The van der Waals surface area contributed by atoms with Crippen LogP contribution in [0, 0.1) is 40.9 Å². The molecule has 0 bridgehead atoms. The highest BCUT2D eigenvalue weighted by Crippen LogP contribution is 2.51. The van der Waals surface area contributed by atoms with E-state index in [0.717, 1.165) is 55.1 Å². The normalized spacial score (nSPS) is 35.6. The minimum Gasteiger partial charge on any atom is -0.329 e. The molecule has 2 heteroatoms. The van der Waals surface area contributed by atoms with Gasteiger partial charge in [-0.25, -0.2) is 0 Å². The maximum absolute atomic E-state index is 5.63. The van der Waals surface area contributed by atoms with Gasteiger partial charge in [0, 0.05) is 13.1 Å². The molecule has 7 unspecified atom stereocenters. The van der Waals surface area contributed by atoms with E-state index in [1.807, 2.05) is 0 Å². The molecule has 0 aliphatic heterocycles. The maximum atomic E-state index is 5.63. The maximum Gasteiger partial charge on any atom is 0.00745 e. The van der Waals surface area contributed by atoms with E-state index in [1.54, 1.807) is 0 Å².